The molecule has 2 N–H and O–H groups in total. The number of ether oxygens (including phenoxy) is 1. The SMILES string of the molecule is O=C(O)C1COCCN1C(=O)c1ccc2c(c1)CNC2. The van der Waals surface area contributed by atoms with Crippen molar-refractivity contribution in [3.63, 3.8) is 0 Å². The molecule has 1 unspecified atom stereocenters. The van der Waals surface area contributed by atoms with Crippen molar-refractivity contribution in [3.05, 3.63) is 34.9 Å². The maximum Gasteiger partial charge on any atom is 0.328 e. The molecule has 0 radical (unpaired) electrons. The number of carbonyl (C=O) groups excluding carboxylic acids is 1. The van der Waals surface area contributed by atoms with Crippen LogP contribution in [0.1, 0.15) is 21.5 Å². The van der Waals surface area contributed by atoms with E-state index in [1.165, 1.54) is 10.5 Å². The second kappa shape index (κ2) is 5.22. The van der Waals surface area contributed by atoms with Crippen molar-refractivity contribution in [3.8, 4) is 0 Å². The summed E-state index contributed by atoms with van der Waals surface area (Å²) in [5.74, 6) is -1.27. The first-order chi connectivity index (χ1) is 9.66. The number of rotatable bonds is 2. The maximum absolute atomic E-state index is 12.5. The van der Waals surface area contributed by atoms with Gasteiger partial charge in [0, 0.05) is 25.2 Å². The molecule has 1 amide bonds. The van der Waals surface area contributed by atoms with Crippen LogP contribution in [0.4, 0.5) is 0 Å². The fourth-order valence-corrected chi connectivity index (χ4v) is 2.64. The zero-order valence-electron chi connectivity index (χ0n) is 11.0. The molecule has 6 heteroatoms. The first kappa shape index (κ1) is 13.1. The second-order valence-electron chi connectivity index (χ2n) is 5.01. The van der Waals surface area contributed by atoms with Gasteiger partial charge in [-0.3, -0.25) is 4.79 Å². The Hall–Kier alpha value is -1.92. The lowest BCUT2D eigenvalue weighted by Crippen LogP contribution is -2.52. The van der Waals surface area contributed by atoms with Crippen molar-refractivity contribution < 1.29 is 19.4 Å². The van der Waals surface area contributed by atoms with Gasteiger partial charge in [0.15, 0.2) is 6.04 Å². The fourth-order valence-electron chi connectivity index (χ4n) is 2.64. The molecule has 0 saturated carbocycles. The number of aliphatic carboxylic acids is 1. The van der Waals surface area contributed by atoms with Crippen LogP contribution in [-0.2, 0) is 22.6 Å². The number of carbonyl (C=O) groups is 2. The number of nitrogens with zero attached hydrogens (tertiary/aromatic N) is 1. The molecule has 1 atom stereocenters. The third-order valence-corrected chi connectivity index (χ3v) is 3.76. The van der Waals surface area contributed by atoms with E-state index in [1.807, 2.05) is 12.1 Å². The van der Waals surface area contributed by atoms with Crippen molar-refractivity contribution in [2.45, 2.75) is 19.1 Å². The third kappa shape index (κ3) is 2.28. The number of hydrogen-bond donors (Lipinski definition) is 2. The van der Waals surface area contributed by atoms with E-state index in [2.05, 4.69) is 5.32 Å². The van der Waals surface area contributed by atoms with Gasteiger partial charge in [-0.15, -0.1) is 0 Å². The minimum absolute atomic E-state index is 0.0492. The lowest BCUT2D eigenvalue weighted by molar-refractivity contribution is -0.147. The van der Waals surface area contributed by atoms with Crippen molar-refractivity contribution in [1.82, 2.24) is 10.2 Å². The predicted octanol–water partition coefficient (Wildman–Crippen LogP) is 0.215. The topological polar surface area (TPSA) is 78.9 Å². The monoisotopic (exact) mass is 276 g/mol. The van der Waals surface area contributed by atoms with Crippen molar-refractivity contribution in [2.75, 3.05) is 19.8 Å². The van der Waals surface area contributed by atoms with Crippen LogP contribution < -0.4 is 5.32 Å². The Balaban J connectivity index is 1.85. The zero-order chi connectivity index (χ0) is 14.1. The second-order valence-corrected chi connectivity index (χ2v) is 5.01. The fraction of sp³-hybridized carbons (Fsp3) is 0.429. The van der Waals surface area contributed by atoms with E-state index in [-0.39, 0.29) is 12.5 Å². The average molecular weight is 276 g/mol. The van der Waals surface area contributed by atoms with Crippen LogP contribution in [0.15, 0.2) is 18.2 Å². The number of amides is 1. The highest BCUT2D eigenvalue weighted by Gasteiger charge is 2.33. The van der Waals surface area contributed by atoms with Gasteiger partial charge in [-0.05, 0) is 23.3 Å². The molecular formula is C14H16N2O4. The van der Waals surface area contributed by atoms with Gasteiger partial charge in [0.25, 0.3) is 5.91 Å². The molecule has 0 bridgehead atoms. The lowest BCUT2D eigenvalue weighted by Gasteiger charge is -2.33. The average Bonchev–Trinajstić information content (AvgIpc) is 2.93. The summed E-state index contributed by atoms with van der Waals surface area (Å²) in [5.41, 5.74) is 2.84. The number of benzene rings is 1. The first-order valence-electron chi connectivity index (χ1n) is 6.61. The van der Waals surface area contributed by atoms with Crippen LogP contribution in [-0.4, -0.2) is 47.7 Å². The maximum atomic E-state index is 12.5. The van der Waals surface area contributed by atoms with Crippen LogP contribution in [0.25, 0.3) is 0 Å². The van der Waals surface area contributed by atoms with Crippen LogP contribution in [0, 0.1) is 0 Å². The molecule has 0 aromatic heterocycles. The van der Waals surface area contributed by atoms with Crippen LogP contribution >= 0.6 is 0 Å². The summed E-state index contributed by atoms with van der Waals surface area (Å²) < 4.78 is 5.15. The van der Waals surface area contributed by atoms with Gasteiger partial charge in [-0.25, -0.2) is 4.79 Å². The number of nitrogens with one attached hydrogen (secondary N) is 1. The zero-order valence-corrected chi connectivity index (χ0v) is 11.0. The normalized spacial score (nSPS) is 21.6. The minimum Gasteiger partial charge on any atom is -0.480 e. The molecule has 2 heterocycles. The summed E-state index contributed by atoms with van der Waals surface area (Å²) in [7, 11) is 0. The van der Waals surface area contributed by atoms with Crippen molar-refractivity contribution in [1.29, 1.82) is 0 Å². The van der Waals surface area contributed by atoms with Gasteiger partial charge in [0.2, 0.25) is 0 Å². The smallest absolute Gasteiger partial charge is 0.328 e. The predicted molar refractivity (Wildman–Crippen MR) is 70.3 cm³/mol. The molecule has 6 nitrogen and oxygen atoms in total. The van der Waals surface area contributed by atoms with Crippen molar-refractivity contribution in [2.24, 2.45) is 0 Å². The Bertz CT molecular complexity index is 558. The summed E-state index contributed by atoms with van der Waals surface area (Å²) in [6.07, 6.45) is 0. The summed E-state index contributed by atoms with van der Waals surface area (Å²) in [5, 5.41) is 12.4. The summed E-state index contributed by atoms with van der Waals surface area (Å²) in [6, 6.07) is 4.65. The Morgan fingerprint density at radius 2 is 2.10 bits per heavy atom. The molecule has 3 rings (SSSR count). The molecule has 2 aliphatic heterocycles. The first-order valence-corrected chi connectivity index (χ1v) is 6.61. The number of morpholine rings is 1. The third-order valence-electron chi connectivity index (χ3n) is 3.76. The van der Waals surface area contributed by atoms with Crippen LogP contribution in [0.2, 0.25) is 0 Å². The van der Waals surface area contributed by atoms with E-state index in [1.54, 1.807) is 6.07 Å². The van der Waals surface area contributed by atoms with Gasteiger partial charge < -0.3 is 20.1 Å². The summed E-state index contributed by atoms with van der Waals surface area (Å²) in [6.45, 7) is 2.31. The summed E-state index contributed by atoms with van der Waals surface area (Å²) in [4.78, 5) is 25.1. The standard InChI is InChI=1S/C14H16N2O4/c17-13(16-3-4-20-8-12(16)14(18)19)9-1-2-10-6-15-7-11(10)5-9/h1-2,5,12,15H,3-4,6-8H2,(H,18,19). The Morgan fingerprint density at radius 3 is 2.90 bits per heavy atom. The Kier molecular flexibility index (Phi) is 3.42. The van der Waals surface area contributed by atoms with E-state index in [0.717, 1.165) is 18.7 Å². The van der Waals surface area contributed by atoms with Gasteiger partial charge in [0.1, 0.15) is 0 Å². The summed E-state index contributed by atoms with van der Waals surface area (Å²) >= 11 is 0. The highest BCUT2D eigenvalue weighted by atomic mass is 16.5. The van der Waals surface area contributed by atoms with Crippen molar-refractivity contribution >= 4 is 11.9 Å². The molecule has 106 valence electrons. The van der Waals surface area contributed by atoms with Gasteiger partial charge in [-0.1, -0.05) is 6.07 Å². The number of hydrogen-bond acceptors (Lipinski definition) is 4. The van der Waals surface area contributed by atoms with E-state index in [9.17, 15) is 14.7 Å². The van der Waals surface area contributed by atoms with E-state index in [0.29, 0.717) is 18.7 Å². The highest BCUT2D eigenvalue weighted by Crippen LogP contribution is 2.19. The van der Waals surface area contributed by atoms with E-state index >= 15 is 0 Å². The van der Waals surface area contributed by atoms with Gasteiger partial charge in [-0.2, -0.15) is 0 Å². The number of fused-ring (bicyclic) bond motifs is 1. The van der Waals surface area contributed by atoms with Gasteiger partial charge in [0.05, 0.1) is 13.2 Å². The van der Waals surface area contributed by atoms with Crippen LogP contribution in [0.3, 0.4) is 0 Å². The number of carboxylic acid groups (broad SMARTS) is 1. The van der Waals surface area contributed by atoms with E-state index < -0.39 is 12.0 Å². The Morgan fingerprint density at radius 1 is 1.30 bits per heavy atom. The molecule has 1 fully saturated rings. The molecule has 20 heavy (non-hydrogen) atoms. The Labute approximate surface area is 116 Å². The lowest BCUT2D eigenvalue weighted by atomic mass is 10.0. The minimum atomic E-state index is -1.03. The quantitative estimate of drug-likeness (QED) is 0.807. The molecule has 0 spiro atoms. The molecular weight excluding hydrogens is 260 g/mol. The molecule has 2 aliphatic rings. The molecule has 0 aliphatic carbocycles. The molecule has 1 aromatic rings. The van der Waals surface area contributed by atoms with Crippen LogP contribution in [0.5, 0.6) is 0 Å². The molecule has 1 aromatic carbocycles. The van der Waals surface area contributed by atoms with Gasteiger partial charge >= 0.3 is 5.97 Å². The molecule has 1 saturated heterocycles. The largest absolute Gasteiger partial charge is 0.480 e. The highest BCUT2D eigenvalue weighted by molar-refractivity contribution is 5.97. The number of carboxylic acids is 1. The van der Waals surface area contributed by atoms with E-state index in [4.69, 9.17) is 4.74 Å².